The van der Waals surface area contributed by atoms with Gasteiger partial charge < -0.3 is 0 Å². The van der Waals surface area contributed by atoms with Crippen molar-refractivity contribution in [2.24, 2.45) is 0 Å². The van der Waals surface area contributed by atoms with Crippen LogP contribution in [0.4, 0.5) is 0 Å². The second-order valence-electron chi connectivity index (χ2n) is 4.92. The zero-order chi connectivity index (χ0) is 12.4. The van der Waals surface area contributed by atoms with Gasteiger partial charge >= 0.3 is 0 Å². The highest BCUT2D eigenvalue weighted by atomic mass is 32.1. The quantitative estimate of drug-likeness (QED) is 0.777. The summed E-state index contributed by atoms with van der Waals surface area (Å²) in [5.41, 5.74) is 5.30. The highest BCUT2D eigenvalue weighted by molar-refractivity contribution is 7.09. The molecule has 0 fully saturated rings. The number of benzene rings is 1. The van der Waals surface area contributed by atoms with Crippen molar-refractivity contribution in [1.82, 2.24) is 4.98 Å². The van der Waals surface area contributed by atoms with Crippen LogP contribution in [-0.2, 0) is 6.42 Å². The van der Waals surface area contributed by atoms with Gasteiger partial charge in [0, 0.05) is 11.8 Å². The maximum absolute atomic E-state index is 4.68. The molecule has 17 heavy (non-hydrogen) atoms. The lowest BCUT2D eigenvalue weighted by Crippen LogP contribution is -1.92. The van der Waals surface area contributed by atoms with E-state index in [0.717, 1.165) is 6.42 Å². The van der Waals surface area contributed by atoms with Gasteiger partial charge in [0.05, 0.1) is 10.7 Å². The summed E-state index contributed by atoms with van der Waals surface area (Å²) < 4.78 is 0. The first-order valence-electron chi connectivity index (χ1n) is 6.06. The van der Waals surface area contributed by atoms with Gasteiger partial charge in [-0.3, -0.25) is 0 Å². The van der Waals surface area contributed by atoms with E-state index in [-0.39, 0.29) is 0 Å². The van der Waals surface area contributed by atoms with Crippen molar-refractivity contribution < 1.29 is 0 Å². The van der Waals surface area contributed by atoms with Crippen LogP contribution in [0.5, 0.6) is 0 Å². The third-order valence-corrected chi connectivity index (χ3v) is 3.95. The Morgan fingerprint density at radius 2 is 1.94 bits per heavy atom. The molecule has 90 valence electrons. The first-order valence-corrected chi connectivity index (χ1v) is 6.94. The Hall–Kier alpha value is -1.15. The number of thiazole rings is 1. The fourth-order valence-electron chi connectivity index (χ4n) is 1.76. The third-order valence-electron chi connectivity index (χ3n) is 3.09. The molecular weight excluding hydrogens is 226 g/mol. The summed E-state index contributed by atoms with van der Waals surface area (Å²) in [6, 6.07) is 6.67. The molecular formula is C15H19NS. The van der Waals surface area contributed by atoms with Gasteiger partial charge in [0.1, 0.15) is 0 Å². The lowest BCUT2D eigenvalue weighted by atomic mass is 10.0. The van der Waals surface area contributed by atoms with E-state index < -0.39 is 0 Å². The van der Waals surface area contributed by atoms with Crippen LogP contribution >= 0.6 is 11.3 Å². The minimum atomic E-state index is 0.528. The molecule has 1 heterocycles. The van der Waals surface area contributed by atoms with Crippen LogP contribution in [0.25, 0.3) is 0 Å². The van der Waals surface area contributed by atoms with Crippen LogP contribution in [0, 0.1) is 13.8 Å². The molecule has 0 unspecified atom stereocenters. The Balaban J connectivity index is 2.16. The van der Waals surface area contributed by atoms with E-state index in [1.165, 1.54) is 27.4 Å². The Labute approximate surface area is 108 Å². The van der Waals surface area contributed by atoms with Crippen LogP contribution in [0.15, 0.2) is 23.6 Å². The maximum Gasteiger partial charge on any atom is 0.0972 e. The molecule has 2 heteroatoms. The summed E-state index contributed by atoms with van der Waals surface area (Å²) in [4.78, 5) is 4.68. The minimum absolute atomic E-state index is 0.528. The molecule has 0 aliphatic rings. The van der Waals surface area contributed by atoms with E-state index in [0.29, 0.717) is 5.92 Å². The lowest BCUT2D eigenvalue weighted by Gasteiger charge is -2.03. The van der Waals surface area contributed by atoms with Gasteiger partial charge in [-0.05, 0) is 36.5 Å². The van der Waals surface area contributed by atoms with E-state index in [4.69, 9.17) is 0 Å². The molecule has 2 rings (SSSR count). The fourth-order valence-corrected chi connectivity index (χ4v) is 2.75. The summed E-state index contributed by atoms with van der Waals surface area (Å²) in [6.07, 6.45) is 0.957. The predicted octanol–water partition coefficient (Wildman–Crippen LogP) is 4.47. The summed E-state index contributed by atoms with van der Waals surface area (Å²) in [7, 11) is 0. The fraction of sp³-hybridized carbons (Fsp3) is 0.400. The number of nitrogens with zero attached hydrogens (tertiary/aromatic N) is 1. The van der Waals surface area contributed by atoms with Crippen molar-refractivity contribution in [3.05, 3.63) is 51.0 Å². The van der Waals surface area contributed by atoms with Gasteiger partial charge in [0.25, 0.3) is 0 Å². The monoisotopic (exact) mass is 245 g/mol. The molecule has 0 radical (unpaired) electrons. The third kappa shape index (κ3) is 2.95. The average Bonchev–Trinajstić information content (AvgIpc) is 2.72. The lowest BCUT2D eigenvalue weighted by molar-refractivity contribution is 0.825. The molecule has 0 aliphatic carbocycles. The second-order valence-corrected chi connectivity index (χ2v) is 5.86. The van der Waals surface area contributed by atoms with Crippen molar-refractivity contribution in [1.29, 1.82) is 0 Å². The average molecular weight is 245 g/mol. The summed E-state index contributed by atoms with van der Waals surface area (Å²) in [5, 5.41) is 3.40. The molecule has 0 atom stereocenters. The molecule has 0 saturated heterocycles. The molecule has 1 aromatic carbocycles. The second kappa shape index (κ2) is 5.01. The number of aryl methyl sites for hydroxylation is 2. The van der Waals surface area contributed by atoms with Crippen LogP contribution in [-0.4, -0.2) is 4.98 Å². The van der Waals surface area contributed by atoms with E-state index >= 15 is 0 Å². The Bertz CT molecular complexity index is 511. The first-order chi connectivity index (χ1) is 8.06. The summed E-state index contributed by atoms with van der Waals surface area (Å²) in [5.74, 6) is 0.528. The van der Waals surface area contributed by atoms with Gasteiger partial charge in [-0.15, -0.1) is 11.3 Å². The van der Waals surface area contributed by atoms with Gasteiger partial charge in [0.15, 0.2) is 0 Å². The van der Waals surface area contributed by atoms with E-state index in [2.05, 4.69) is 56.3 Å². The smallest absolute Gasteiger partial charge is 0.0972 e. The van der Waals surface area contributed by atoms with E-state index in [1.807, 2.05) is 0 Å². The molecule has 0 amide bonds. The topological polar surface area (TPSA) is 12.9 Å². The van der Waals surface area contributed by atoms with Crippen molar-refractivity contribution >= 4 is 11.3 Å². The highest BCUT2D eigenvalue weighted by Crippen LogP contribution is 2.21. The van der Waals surface area contributed by atoms with Crippen molar-refractivity contribution in [3.8, 4) is 0 Å². The Morgan fingerprint density at radius 1 is 1.18 bits per heavy atom. The standard InChI is InChI=1S/C15H19NS/c1-10(2)14-9-17-15(16-14)8-13-6-5-11(3)12(4)7-13/h5-7,9-10H,8H2,1-4H3. The Kier molecular flexibility index (Phi) is 3.63. The number of aromatic nitrogens is 1. The maximum atomic E-state index is 4.68. The van der Waals surface area contributed by atoms with Gasteiger partial charge in [-0.25, -0.2) is 4.98 Å². The molecule has 1 nitrogen and oxygen atoms in total. The molecule has 0 N–H and O–H groups in total. The van der Waals surface area contributed by atoms with Crippen LogP contribution in [0.2, 0.25) is 0 Å². The molecule has 0 saturated carbocycles. The molecule has 0 aliphatic heterocycles. The van der Waals surface area contributed by atoms with Crippen molar-refractivity contribution in [2.45, 2.75) is 40.0 Å². The predicted molar refractivity (Wildman–Crippen MR) is 74.9 cm³/mol. The van der Waals surface area contributed by atoms with Crippen molar-refractivity contribution in [3.63, 3.8) is 0 Å². The zero-order valence-electron chi connectivity index (χ0n) is 10.9. The highest BCUT2D eigenvalue weighted by Gasteiger charge is 2.06. The van der Waals surface area contributed by atoms with Crippen LogP contribution < -0.4 is 0 Å². The summed E-state index contributed by atoms with van der Waals surface area (Å²) >= 11 is 1.77. The normalized spacial score (nSPS) is 11.1. The largest absolute Gasteiger partial charge is 0.246 e. The van der Waals surface area contributed by atoms with Crippen molar-refractivity contribution in [2.75, 3.05) is 0 Å². The number of hydrogen-bond acceptors (Lipinski definition) is 2. The Morgan fingerprint density at radius 3 is 2.53 bits per heavy atom. The van der Waals surface area contributed by atoms with Gasteiger partial charge in [-0.1, -0.05) is 32.0 Å². The van der Waals surface area contributed by atoms with Crippen LogP contribution in [0.3, 0.4) is 0 Å². The zero-order valence-corrected chi connectivity index (χ0v) is 11.8. The number of hydrogen-bond donors (Lipinski definition) is 0. The van der Waals surface area contributed by atoms with E-state index in [1.54, 1.807) is 11.3 Å². The molecule has 1 aromatic heterocycles. The van der Waals surface area contributed by atoms with E-state index in [9.17, 15) is 0 Å². The SMILES string of the molecule is Cc1ccc(Cc2nc(C(C)C)cs2)cc1C. The minimum Gasteiger partial charge on any atom is -0.246 e. The summed E-state index contributed by atoms with van der Waals surface area (Å²) in [6.45, 7) is 8.70. The van der Waals surface area contributed by atoms with Gasteiger partial charge in [-0.2, -0.15) is 0 Å². The van der Waals surface area contributed by atoms with Gasteiger partial charge in [0.2, 0.25) is 0 Å². The van der Waals surface area contributed by atoms with Crippen LogP contribution in [0.1, 0.15) is 47.2 Å². The molecule has 0 bridgehead atoms. The first kappa shape index (κ1) is 12.3. The molecule has 2 aromatic rings. The number of rotatable bonds is 3. The molecule has 0 spiro atoms.